The van der Waals surface area contributed by atoms with E-state index in [-0.39, 0.29) is 0 Å². The quantitative estimate of drug-likeness (QED) is 0.729. The maximum Gasteiger partial charge on any atom is 0.0845 e. The monoisotopic (exact) mass is 278 g/mol. The second-order valence-electron chi connectivity index (χ2n) is 4.63. The molecular formula is C17H14N2S. The van der Waals surface area contributed by atoms with E-state index in [9.17, 15) is 0 Å². The number of aliphatic imine (C=N–C) groups is 1. The lowest BCUT2D eigenvalue weighted by Crippen LogP contribution is -2.16. The average molecular weight is 278 g/mol. The number of nitrogens with zero attached hydrogens (tertiary/aromatic N) is 2. The summed E-state index contributed by atoms with van der Waals surface area (Å²) in [6.07, 6.45) is 5.54. The van der Waals surface area contributed by atoms with E-state index in [4.69, 9.17) is 11.4 Å². The van der Waals surface area contributed by atoms with Crippen LogP contribution in [0.15, 0.2) is 53.7 Å². The Morgan fingerprint density at radius 1 is 1.35 bits per heavy atom. The Hall–Kier alpha value is -2.31. The molecule has 20 heavy (non-hydrogen) atoms. The summed E-state index contributed by atoms with van der Waals surface area (Å²) < 4.78 is 0. The Bertz CT molecular complexity index is 732. The van der Waals surface area contributed by atoms with E-state index in [1.54, 1.807) is 11.3 Å². The highest BCUT2D eigenvalue weighted by Crippen LogP contribution is 2.35. The third kappa shape index (κ3) is 2.04. The fourth-order valence-electron chi connectivity index (χ4n) is 2.21. The molecule has 3 rings (SSSR count). The molecule has 3 heteroatoms. The van der Waals surface area contributed by atoms with Crippen molar-refractivity contribution in [2.75, 3.05) is 18.5 Å². The minimum atomic E-state index is 0.605. The van der Waals surface area contributed by atoms with Crippen molar-refractivity contribution in [3.05, 3.63) is 64.0 Å². The van der Waals surface area contributed by atoms with Crippen molar-refractivity contribution in [1.82, 2.24) is 0 Å². The molecule has 2 heterocycles. The number of anilines is 1. The Morgan fingerprint density at radius 3 is 2.80 bits per heavy atom. The van der Waals surface area contributed by atoms with Gasteiger partial charge in [-0.15, -0.1) is 17.8 Å². The van der Waals surface area contributed by atoms with Crippen molar-refractivity contribution in [1.29, 1.82) is 0 Å². The number of hydrogen-bond acceptors (Lipinski definition) is 3. The average Bonchev–Trinajstić information content (AvgIpc) is 2.87. The number of thiophene rings is 1. The number of rotatable bonds is 1. The normalized spacial score (nSPS) is 14.3. The van der Waals surface area contributed by atoms with Gasteiger partial charge in [-0.05, 0) is 6.07 Å². The van der Waals surface area contributed by atoms with Gasteiger partial charge in [-0.2, -0.15) is 0 Å². The van der Waals surface area contributed by atoms with Gasteiger partial charge in [0.25, 0.3) is 0 Å². The minimum absolute atomic E-state index is 0.605. The van der Waals surface area contributed by atoms with Crippen LogP contribution in [0, 0.1) is 12.3 Å². The highest BCUT2D eigenvalue weighted by atomic mass is 32.1. The molecular weight excluding hydrogens is 264 g/mol. The van der Waals surface area contributed by atoms with Crippen LogP contribution in [0.25, 0.3) is 0 Å². The molecule has 1 aliphatic rings. The van der Waals surface area contributed by atoms with Gasteiger partial charge >= 0.3 is 0 Å². The molecule has 1 aliphatic heterocycles. The molecule has 0 fully saturated rings. The van der Waals surface area contributed by atoms with Gasteiger partial charge in [0, 0.05) is 18.3 Å². The molecule has 0 spiro atoms. The van der Waals surface area contributed by atoms with Crippen LogP contribution in [0.3, 0.4) is 0 Å². The zero-order chi connectivity index (χ0) is 14.1. The first-order valence-electron chi connectivity index (χ1n) is 6.33. The maximum atomic E-state index is 5.54. The summed E-state index contributed by atoms with van der Waals surface area (Å²) in [4.78, 5) is 8.84. The molecule has 2 aromatic rings. The molecule has 1 aromatic carbocycles. The summed E-state index contributed by atoms with van der Waals surface area (Å²) in [6, 6.07) is 12.2. The largest absolute Gasteiger partial charge is 0.346 e. The third-order valence-electron chi connectivity index (χ3n) is 3.37. The second kappa shape index (κ2) is 4.99. The zero-order valence-electron chi connectivity index (χ0n) is 11.3. The molecule has 1 aromatic heterocycles. The summed E-state index contributed by atoms with van der Waals surface area (Å²) >= 11 is 1.61. The molecule has 0 atom stereocenters. The van der Waals surface area contributed by atoms with Gasteiger partial charge in [-0.1, -0.05) is 42.8 Å². The van der Waals surface area contributed by atoms with E-state index in [1.807, 2.05) is 31.3 Å². The van der Waals surface area contributed by atoms with Crippen molar-refractivity contribution in [2.45, 2.75) is 0 Å². The zero-order valence-corrected chi connectivity index (χ0v) is 12.1. The van der Waals surface area contributed by atoms with E-state index in [0.29, 0.717) is 6.54 Å². The van der Waals surface area contributed by atoms with Crippen molar-refractivity contribution in [2.24, 2.45) is 4.99 Å². The minimum Gasteiger partial charge on any atom is -0.346 e. The van der Waals surface area contributed by atoms with E-state index in [0.717, 1.165) is 32.4 Å². The molecule has 0 saturated carbocycles. The first-order valence-corrected chi connectivity index (χ1v) is 7.14. The topological polar surface area (TPSA) is 15.6 Å². The maximum absolute atomic E-state index is 5.54. The Labute approximate surface area is 123 Å². The molecule has 0 unspecified atom stereocenters. The highest BCUT2D eigenvalue weighted by molar-refractivity contribution is 7.15. The predicted molar refractivity (Wildman–Crippen MR) is 86.7 cm³/mol. The first-order chi connectivity index (χ1) is 9.70. The van der Waals surface area contributed by atoms with E-state index in [2.05, 4.69) is 29.5 Å². The fraction of sp³-hybridized carbons (Fsp3) is 0.118. The molecule has 0 saturated heterocycles. The van der Waals surface area contributed by atoms with Gasteiger partial charge in [0.15, 0.2) is 0 Å². The first kappa shape index (κ1) is 12.7. The third-order valence-corrected chi connectivity index (χ3v) is 4.43. The van der Waals surface area contributed by atoms with Crippen LogP contribution in [0.5, 0.6) is 0 Å². The summed E-state index contributed by atoms with van der Waals surface area (Å²) in [5, 5.41) is 0. The molecule has 0 radical (unpaired) electrons. The SMILES string of the molecule is C#Cc1cc2c(s1)C(c1ccccc1)=NCC(=C)N2C. The van der Waals surface area contributed by atoms with E-state index >= 15 is 0 Å². The Morgan fingerprint density at radius 2 is 2.10 bits per heavy atom. The van der Waals surface area contributed by atoms with Gasteiger partial charge < -0.3 is 4.90 Å². The Balaban J connectivity index is 2.21. The van der Waals surface area contributed by atoms with Gasteiger partial charge in [0.2, 0.25) is 0 Å². The fourth-order valence-corrected chi connectivity index (χ4v) is 3.24. The van der Waals surface area contributed by atoms with Gasteiger partial charge in [-0.25, -0.2) is 0 Å². The van der Waals surface area contributed by atoms with Crippen LogP contribution < -0.4 is 4.90 Å². The summed E-state index contributed by atoms with van der Waals surface area (Å²) in [5.41, 5.74) is 4.17. The van der Waals surface area contributed by atoms with Crippen LogP contribution in [0.1, 0.15) is 15.3 Å². The van der Waals surface area contributed by atoms with E-state index in [1.165, 1.54) is 0 Å². The summed E-state index contributed by atoms with van der Waals surface area (Å²) in [6.45, 7) is 4.69. The smallest absolute Gasteiger partial charge is 0.0845 e. The highest BCUT2D eigenvalue weighted by Gasteiger charge is 2.22. The molecule has 0 amide bonds. The predicted octanol–water partition coefficient (Wildman–Crippen LogP) is 3.53. The number of benzene rings is 1. The number of fused-ring (bicyclic) bond motifs is 1. The van der Waals surface area contributed by atoms with Crippen LogP contribution in [0.4, 0.5) is 5.69 Å². The lowest BCUT2D eigenvalue weighted by molar-refractivity contribution is 1.03. The van der Waals surface area contributed by atoms with Crippen LogP contribution in [-0.2, 0) is 0 Å². The summed E-state index contributed by atoms with van der Waals surface area (Å²) in [7, 11) is 2.01. The lowest BCUT2D eigenvalue weighted by Gasteiger charge is -2.18. The number of likely N-dealkylation sites (N-methyl/N-ethyl adjacent to an activating group) is 1. The van der Waals surface area contributed by atoms with Crippen molar-refractivity contribution in [3.8, 4) is 12.3 Å². The number of terminal acetylenes is 1. The molecule has 0 N–H and O–H groups in total. The molecule has 98 valence electrons. The summed E-state index contributed by atoms with van der Waals surface area (Å²) in [5.74, 6) is 2.72. The van der Waals surface area contributed by atoms with Gasteiger partial charge in [-0.3, -0.25) is 4.99 Å². The van der Waals surface area contributed by atoms with Gasteiger partial charge in [0.1, 0.15) is 0 Å². The van der Waals surface area contributed by atoms with Crippen LogP contribution >= 0.6 is 11.3 Å². The van der Waals surface area contributed by atoms with Crippen molar-refractivity contribution < 1.29 is 0 Å². The van der Waals surface area contributed by atoms with E-state index < -0.39 is 0 Å². The van der Waals surface area contributed by atoms with Crippen molar-refractivity contribution >= 4 is 22.7 Å². The van der Waals surface area contributed by atoms with Crippen molar-refractivity contribution in [3.63, 3.8) is 0 Å². The molecule has 0 bridgehead atoms. The lowest BCUT2D eigenvalue weighted by atomic mass is 10.1. The molecule has 2 nitrogen and oxygen atoms in total. The van der Waals surface area contributed by atoms with Gasteiger partial charge in [0.05, 0.1) is 27.7 Å². The molecule has 0 aliphatic carbocycles. The van der Waals surface area contributed by atoms with Crippen LogP contribution in [0.2, 0.25) is 0 Å². The second-order valence-corrected chi connectivity index (χ2v) is 5.68. The number of hydrogen-bond donors (Lipinski definition) is 0. The van der Waals surface area contributed by atoms with Crippen LogP contribution in [-0.4, -0.2) is 19.3 Å². The standard InChI is InChI=1S/C17H14N2S/c1-4-14-10-15-17(20-14)16(13-8-6-5-7-9-13)18-11-12(2)19(15)3/h1,5-10H,2,11H2,3H3. The Kier molecular flexibility index (Phi) is 3.17.